The van der Waals surface area contributed by atoms with Gasteiger partial charge in [0.1, 0.15) is 18.4 Å². The Bertz CT molecular complexity index is 1210. The number of nitrogens with zero attached hydrogens (tertiary/aromatic N) is 1. The quantitative estimate of drug-likeness (QED) is 0.620. The Labute approximate surface area is 197 Å². The van der Waals surface area contributed by atoms with Gasteiger partial charge >= 0.3 is 12.5 Å². The van der Waals surface area contributed by atoms with Crippen LogP contribution in [0.4, 0.5) is 23.7 Å². The Kier molecular flexibility index (Phi) is 6.37. The molecule has 1 saturated heterocycles. The second-order valence-corrected chi connectivity index (χ2v) is 8.12. The van der Waals surface area contributed by atoms with E-state index in [0.29, 0.717) is 22.3 Å². The number of halogens is 3. The van der Waals surface area contributed by atoms with Gasteiger partial charge in [-0.3, -0.25) is 25.0 Å². The number of hydrogen-bond acceptors (Lipinski definition) is 6. The minimum atomic E-state index is -4.87. The monoisotopic (exact) mass is 491 g/mol. The second-order valence-electron chi connectivity index (χ2n) is 8.12. The van der Waals surface area contributed by atoms with Crippen LogP contribution in [-0.4, -0.2) is 41.1 Å². The van der Waals surface area contributed by atoms with Crippen molar-refractivity contribution in [1.29, 1.82) is 0 Å². The van der Waals surface area contributed by atoms with E-state index in [9.17, 15) is 32.3 Å². The number of anilines is 1. The van der Waals surface area contributed by atoms with E-state index in [0.717, 1.165) is 12.1 Å². The van der Waals surface area contributed by atoms with Crippen LogP contribution in [0.5, 0.6) is 5.75 Å². The number of rotatable bonds is 5. The molecule has 9 nitrogen and oxygen atoms in total. The topological polar surface area (TPSA) is 114 Å². The minimum absolute atomic E-state index is 0.0840. The summed E-state index contributed by atoms with van der Waals surface area (Å²) in [5.41, 5.74) is 2.14. The van der Waals surface area contributed by atoms with Gasteiger partial charge in [0.05, 0.1) is 5.69 Å². The predicted octanol–water partition coefficient (Wildman–Crippen LogP) is 3.40. The first-order valence-corrected chi connectivity index (χ1v) is 10.6. The van der Waals surface area contributed by atoms with Crippen molar-refractivity contribution in [3.8, 4) is 5.75 Å². The van der Waals surface area contributed by atoms with Crippen LogP contribution in [0.25, 0.3) is 0 Å². The minimum Gasteiger partial charge on any atom is -0.444 e. The highest BCUT2D eigenvalue weighted by molar-refractivity contribution is 6.05. The van der Waals surface area contributed by atoms with E-state index in [1.807, 2.05) is 0 Å². The lowest BCUT2D eigenvalue weighted by molar-refractivity contribution is -0.274. The largest absolute Gasteiger partial charge is 0.573 e. The molecular formula is C23H20F3N3O6. The average Bonchev–Trinajstić information content (AvgIpc) is 3.09. The zero-order chi connectivity index (χ0) is 25.3. The molecule has 0 radical (unpaired) electrons. The van der Waals surface area contributed by atoms with E-state index >= 15 is 0 Å². The fraction of sp³-hybridized carbons (Fsp3) is 0.304. The Morgan fingerprint density at radius 2 is 1.94 bits per heavy atom. The number of imide groups is 1. The average molecular weight is 491 g/mol. The van der Waals surface area contributed by atoms with E-state index in [1.54, 1.807) is 25.1 Å². The molecule has 12 heteroatoms. The molecule has 4 rings (SSSR count). The van der Waals surface area contributed by atoms with Crippen molar-refractivity contribution in [2.45, 2.75) is 45.3 Å². The predicted molar refractivity (Wildman–Crippen MR) is 114 cm³/mol. The first-order valence-electron chi connectivity index (χ1n) is 10.6. The standard InChI is InChI=1S/C23H20F3N3O6/c1-12-2-5-15(35-23(24,25)26)9-17(12)27-22(33)34-11-13-3-4-14-10-29(21(32)16(14)8-13)18-6-7-19(30)28-20(18)31/h2-5,8-9,18H,6-7,10-11H2,1H3,(H,27,33)(H,28,30,31). The normalized spacial score (nSPS) is 17.7. The molecule has 2 aliphatic heterocycles. The van der Waals surface area contributed by atoms with Crippen LogP contribution in [0, 0.1) is 6.92 Å². The van der Waals surface area contributed by atoms with Crippen LogP contribution in [0.2, 0.25) is 0 Å². The SMILES string of the molecule is Cc1ccc(OC(F)(F)F)cc1NC(=O)OCc1ccc2c(c1)C(=O)N(C1CCC(=O)NC1=O)C2. The molecule has 4 amide bonds. The zero-order valence-corrected chi connectivity index (χ0v) is 18.4. The summed E-state index contributed by atoms with van der Waals surface area (Å²) in [5.74, 6) is -1.74. The molecule has 1 atom stereocenters. The molecule has 0 aromatic heterocycles. The number of ether oxygens (including phenoxy) is 2. The maximum absolute atomic E-state index is 12.9. The van der Waals surface area contributed by atoms with Gasteiger partial charge in [-0.2, -0.15) is 0 Å². The third-order valence-electron chi connectivity index (χ3n) is 5.64. The molecule has 2 N–H and O–H groups in total. The molecule has 2 aromatic carbocycles. The van der Waals surface area contributed by atoms with Crippen molar-refractivity contribution < 1.29 is 41.8 Å². The highest BCUT2D eigenvalue weighted by atomic mass is 19.4. The molecule has 1 unspecified atom stereocenters. The first kappa shape index (κ1) is 24.0. The number of carbonyl (C=O) groups is 4. The molecule has 0 saturated carbocycles. The third kappa shape index (κ3) is 5.53. The third-order valence-corrected chi connectivity index (χ3v) is 5.64. The van der Waals surface area contributed by atoms with Crippen molar-refractivity contribution in [2.24, 2.45) is 0 Å². The summed E-state index contributed by atoms with van der Waals surface area (Å²) in [6, 6.07) is 7.68. The van der Waals surface area contributed by atoms with E-state index in [4.69, 9.17) is 4.74 Å². The van der Waals surface area contributed by atoms with Crippen LogP contribution >= 0.6 is 0 Å². The van der Waals surface area contributed by atoms with Crippen molar-refractivity contribution in [3.63, 3.8) is 0 Å². The number of carbonyl (C=O) groups excluding carboxylic acids is 4. The van der Waals surface area contributed by atoms with Gasteiger partial charge in [-0.15, -0.1) is 13.2 Å². The summed E-state index contributed by atoms with van der Waals surface area (Å²) in [6.45, 7) is 1.60. The number of alkyl halides is 3. The fourth-order valence-corrected chi connectivity index (χ4v) is 3.92. The highest BCUT2D eigenvalue weighted by Gasteiger charge is 2.39. The van der Waals surface area contributed by atoms with E-state index in [2.05, 4.69) is 15.4 Å². The Morgan fingerprint density at radius 3 is 2.66 bits per heavy atom. The maximum Gasteiger partial charge on any atom is 0.573 e. The molecular weight excluding hydrogens is 471 g/mol. The maximum atomic E-state index is 12.9. The summed E-state index contributed by atoms with van der Waals surface area (Å²) in [4.78, 5) is 50.0. The van der Waals surface area contributed by atoms with Gasteiger partial charge in [0.2, 0.25) is 11.8 Å². The molecule has 0 bridgehead atoms. The summed E-state index contributed by atoms with van der Waals surface area (Å²) >= 11 is 0. The first-order chi connectivity index (χ1) is 16.5. The number of hydrogen-bond donors (Lipinski definition) is 2. The summed E-state index contributed by atoms with van der Waals surface area (Å²) in [6.07, 6.45) is -5.38. The smallest absolute Gasteiger partial charge is 0.444 e. The van der Waals surface area contributed by atoms with Gasteiger partial charge in [0.15, 0.2) is 0 Å². The lowest BCUT2D eigenvalue weighted by Gasteiger charge is -2.29. The van der Waals surface area contributed by atoms with E-state index in [-0.39, 0.29) is 43.5 Å². The molecule has 184 valence electrons. The number of aryl methyl sites for hydroxylation is 1. The Hall–Kier alpha value is -4.09. The second kappa shape index (κ2) is 9.28. The number of nitrogens with one attached hydrogen (secondary N) is 2. The van der Waals surface area contributed by atoms with Gasteiger partial charge in [-0.1, -0.05) is 18.2 Å². The van der Waals surface area contributed by atoms with Crippen molar-refractivity contribution in [1.82, 2.24) is 10.2 Å². The van der Waals surface area contributed by atoms with Crippen molar-refractivity contribution >= 4 is 29.5 Å². The van der Waals surface area contributed by atoms with Crippen LogP contribution in [0.1, 0.15) is 39.9 Å². The van der Waals surface area contributed by atoms with Crippen LogP contribution in [0.3, 0.4) is 0 Å². The molecule has 2 aromatic rings. The lowest BCUT2D eigenvalue weighted by Crippen LogP contribution is -2.52. The van der Waals surface area contributed by atoms with Crippen molar-refractivity contribution in [3.05, 3.63) is 58.7 Å². The molecule has 1 fully saturated rings. The van der Waals surface area contributed by atoms with E-state index < -0.39 is 30.2 Å². The number of benzene rings is 2. The Morgan fingerprint density at radius 1 is 1.17 bits per heavy atom. The molecule has 2 heterocycles. The Balaban J connectivity index is 1.38. The number of fused-ring (bicyclic) bond motifs is 1. The van der Waals surface area contributed by atoms with Crippen LogP contribution < -0.4 is 15.4 Å². The van der Waals surface area contributed by atoms with Gasteiger partial charge in [0.25, 0.3) is 5.91 Å². The van der Waals surface area contributed by atoms with Crippen LogP contribution in [-0.2, 0) is 27.5 Å². The van der Waals surface area contributed by atoms with E-state index in [1.165, 1.54) is 11.0 Å². The highest BCUT2D eigenvalue weighted by Crippen LogP contribution is 2.29. The summed E-state index contributed by atoms with van der Waals surface area (Å²) in [7, 11) is 0. The molecule has 0 aliphatic carbocycles. The lowest BCUT2D eigenvalue weighted by atomic mass is 10.0. The number of amides is 4. The van der Waals surface area contributed by atoms with Gasteiger partial charge < -0.3 is 14.4 Å². The molecule has 0 spiro atoms. The molecule has 2 aliphatic rings. The zero-order valence-electron chi connectivity index (χ0n) is 18.4. The van der Waals surface area contributed by atoms with Crippen LogP contribution in [0.15, 0.2) is 36.4 Å². The summed E-state index contributed by atoms with van der Waals surface area (Å²) < 4.78 is 46.3. The fourth-order valence-electron chi connectivity index (χ4n) is 3.92. The molecule has 35 heavy (non-hydrogen) atoms. The number of piperidine rings is 1. The summed E-state index contributed by atoms with van der Waals surface area (Å²) in [5, 5.41) is 4.61. The van der Waals surface area contributed by atoms with Gasteiger partial charge in [-0.05, 0) is 42.2 Å². The van der Waals surface area contributed by atoms with Crippen molar-refractivity contribution in [2.75, 3.05) is 5.32 Å². The van der Waals surface area contributed by atoms with Gasteiger partial charge in [0, 0.05) is 24.6 Å². The van der Waals surface area contributed by atoms with Gasteiger partial charge in [-0.25, -0.2) is 4.79 Å².